The molecule has 23 heavy (non-hydrogen) atoms. The molecule has 0 spiro atoms. The minimum absolute atomic E-state index is 0.146. The molecule has 0 aliphatic carbocycles. The molecule has 2 nitrogen and oxygen atoms in total. The summed E-state index contributed by atoms with van der Waals surface area (Å²) in [5.74, 6) is 3.03. The number of alkyl halides is 3. The van der Waals surface area contributed by atoms with E-state index in [0.717, 1.165) is 18.4 Å². The van der Waals surface area contributed by atoms with Crippen LogP contribution in [0.2, 0.25) is 5.02 Å². The Morgan fingerprint density at radius 1 is 1.26 bits per heavy atom. The Balaban J connectivity index is 1.92. The highest BCUT2D eigenvalue weighted by molar-refractivity contribution is 6.30. The summed E-state index contributed by atoms with van der Waals surface area (Å²) in [6, 6.07) is 1.49. The Labute approximate surface area is 143 Å². The number of piperidine rings is 1. The van der Waals surface area contributed by atoms with Crippen molar-refractivity contribution in [1.82, 2.24) is 9.88 Å². The number of hydrogen-bond donors (Lipinski definition) is 0. The van der Waals surface area contributed by atoms with Crippen LogP contribution in [0.4, 0.5) is 13.2 Å². The predicted molar refractivity (Wildman–Crippen MR) is 83.4 cm³/mol. The van der Waals surface area contributed by atoms with Crippen molar-refractivity contribution in [2.24, 2.45) is 0 Å². The van der Waals surface area contributed by atoms with Gasteiger partial charge < -0.3 is 0 Å². The van der Waals surface area contributed by atoms with Gasteiger partial charge in [-0.2, -0.15) is 13.2 Å². The van der Waals surface area contributed by atoms with E-state index in [1.165, 1.54) is 6.20 Å². The van der Waals surface area contributed by atoms with Crippen LogP contribution in [-0.2, 0) is 5.41 Å². The van der Waals surface area contributed by atoms with Gasteiger partial charge in [0.1, 0.15) is 0 Å². The highest BCUT2D eigenvalue weighted by Crippen LogP contribution is 2.48. The predicted octanol–water partition coefficient (Wildman–Crippen LogP) is 4.36. The number of rotatable bonds is 2. The number of nitrogens with zero attached hydrogens (tertiary/aromatic N) is 2. The third-order valence-electron chi connectivity index (χ3n) is 4.85. The lowest BCUT2D eigenvalue weighted by Crippen LogP contribution is -2.52. The Morgan fingerprint density at radius 2 is 1.91 bits per heavy atom. The molecule has 0 saturated carbocycles. The summed E-state index contributed by atoms with van der Waals surface area (Å²) in [5.41, 5.74) is 0.259. The van der Waals surface area contributed by atoms with Crippen molar-refractivity contribution in [2.75, 3.05) is 6.54 Å². The first-order chi connectivity index (χ1) is 10.8. The van der Waals surface area contributed by atoms with Gasteiger partial charge in [0.2, 0.25) is 0 Å². The van der Waals surface area contributed by atoms with Crippen LogP contribution in [-0.4, -0.2) is 34.7 Å². The van der Waals surface area contributed by atoms with Gasteiger partial charge in [-0.25, -0.2) is 0 Å². The van der Waals surface area contributed by atoms with Crippen LogP contribution in [0.25, 0.3) is 0 Å². The average molecular weight is 363 g/mol. The molecular formula is C16H15Cl2F3N2. The van der Waals surface area contributed by atoms with Crippen molar-refractivity contribution >= 4 is 23.2 Å². The van der Waals surface area contributed by atoms with E-state index in [0.29, 0.717) is 17.9 Å². The lowest BCUT2D eigenvalue weighted by atomic mass is 9.71. The molecule has 2 fully saturated rings. The van der Waals surface area contributed by atoms with E-state index < -0.39 is 18.1 Å². The second-order valence-electron chi connectivity index (χ2n) is 6.27. The number of halogens is 5. The zero-order chi connectivity index (χ0) is 16.7. The molecule has 0 radical (unpaired) electrons. The number of aromatic nitrogens is 1. The number of hydrogen-bond acceptors (Lipinski definition) is 2. The quantitative estimate of drug-likeness (QED) is 0.726. The molecule has 1 aromatic heterocycles. The summed E-state index contributed by atoms with van der Waals surface area (Å²) in [7, 11) is 0. The molecule has 2 atom stereocenters. The number of fused-ring (bicyclic) bond motifs is 2. The third kappa shape index (κ3) is 3.45. The molecule has 3 heterocycles. The summed E-state index contributed by atoms with van der Waals surface area (Å²) in [4.78, 5) is 5.67. The van der Waals surface area contributed by atoms with Crippen LogP contribution in [0.3, 0.4) is 0 Å². The van der Waals surface area contributed by atoms with Gasteiger partial charge in [0.05, 0.1) is 17.0 Å². The first kappa shape index (κ1) is 16.9. The van der Waals surface area contributed by atoms with E-state index in [1.807, 2.05) is 0 Å². The van der Waals surface area contributed by atoms with Gasteiger partial charge in [-0.15, -0.1) is 0 Å². The molecule has 1 aromatic rings. The molecule has 2 aliphatic heterocycles. The van der Waals surface area contributed by atoms with E-state index >= 15 is 0 Å². The van der Waals surface area contributed by atoms with E-state index in [1.54, 1.807) is 17.2 Å². The Hall–Kier alpha value is -0.960. The molecular weight excluding hydrogens is 348 g/mol. The van der Waals surface area contributed by atoms with Crippen LogP contribution in [0.1, 0.15) is 31.2 Å². The van der Waals surface area contributed by atoms with Gasteiger partial charge in [-0.3, -0.25) is 9.88 Å². The second kappa shape index (κ2) is 6.16. The smallest absolute Gasteiger partial charge is 0.289 e. The van der Waals surface area contributed by atoms with Gasteiger partial charge in [0.15, 0.2) is 0 Å². The first-order valence-corrected chi connectivity index (χ1v) is 8.15. The molecule has 3 rings (SSSR count). The van der Waals surface area contributed by atoms with Crippen LogP contribution in [0.15, 0.2) is 18.5 Å². The van der Waals surface area contributed by atoms with E-state index in [9.17, 15) is 13.2 Å². The molecule has 0 amide bonds. The summed E-state index contributed by atoms with van der Waals surface area (Å²) >= 11 is 11.7. The summed E-state index contributed by atoms with van der Waals surface area (Å²) < 4.78 is 38.4. The summed E-state index contributed by atoms with van der Waals surface area (Å²) in [5, 5.41) is 2.93. The Kier molecular flexibility index (Phi) is 4.52. The summed E-state index contributed by atoms with van der Waals surface area (Å²) in [6.45, 7) is -0.861. The fourth-order valence-electron chi connectivity index (χ4n) is 3.98. The zero-order valence-electron chi connectivity index (χ0n) is 12.2. The monoisotopic (exact) mass is 362 g/mol. The summed E-state index contributed by atoms with van der Waals surface area (Å²) in [6.07, 6.45) is 1.56. The van der Waals surface area contributed by atoms with Crippen molar-refractivity contribution in [3.8, 4) is 11.3 Å². The molecule has 7 heteroatoms. The zero-order valence-corrected chi connectivity index (χ0v) is 13.7. The van der Waals surface area contributed by atoms with Crippen molar-refractivity contribution in [2.45, 2.75) is 49.4 Å². The van der Waals surface area contributed by atoms with Gasteiger partial charge in [0.25, 0.3) is 0 Å². The van der Waals surface area contributed by atoms with Crippen molar-refractivity contribution in [3.63, 3.8) is 0 Å². The maximum atomic E-state index is 12.8. The normalized spacial score (nSPS) is 30.8. The van der Waals surface area contributed by atoms with Crippen LogP contribution in [0.5, 0.6) is 0 Å². The number of pyridine rings is 1. The van der Waals surface area contributed by atoms with Gasteiger partial charge >= 0.3 is 6.18 Å². The fraction of sp³-hybridized carbons (Fsp3) is 0.562. The van der Waals surface area contributed by atoms with Gasteiger partial charge in [-0.1, -0.05) is 17.5 Å². The van der Waals surface area contributed by atoms with Crippen LogP contribution >= 0.6 is 23.2 Å². The topological polar surface area (TPSA) is 16.1 Å². The van der Waals surface area contributed by atoms with E-state index in [2.05, 4.69) is 16.3 Å². The Bertz CT molecular complexity index is 637. The molecule has 2 bridgehead atoms. The van der Waals surface area contributed by atoms with Crippen molar-refractivity contribution < 1.29 is 13.2 Å². The van der Waals surface area contributed by atoms with Crippen molar-refractivity contribution in [3.05, 3.63) is 29.0 Å². The molecule has 0 N–H and O–H groups in total. The fourth-order valence-corrected chi connectivity index (χ4v) is 4.33. The minimum atomic E-state index is -4.18. The first-order valence-electron chi connectivity index (χ1n) is 7.39. The average Bonchev–Trinajstić information content (AvgIpc) is 2.70. The van der Waals surface area contributed by atoms with Crippen LogP contribution in [0, 0.1) is 11.3 Å². The molecule has 2 aliphatic rings. The van der Waals surface area contributed by atoms with Crippen LogP contribution < -0.4 is 0 Å². The molecule has 2 saturated heterocycles. The maximum absolute atomic E-state index is 12.8. The van der Waals surface area contributed by atoms with Crippen molar-refractivity contribution in [1.29, 1.82) is 0 Å². The maximum Gasteiger partial charge on any atom is 0.401 e. The lowest BCUT2D eigenvalue weighted by molar-refractivity contribution is -0.156. The molecule has 0 aromatic carbocycles. The lowest BCUT2D eigenvalue weighted by Gasteiger charge is -2.44. The minimum Gasteiger partial charge on any atom is -0.289 e. The SMILES string of the molecule is FC(F)(F)CN1C2CCC1CC(C#CCl)(c1cncc(Cl)c1)C2. The third-order valence-corrected chi connectivity index (χ3v) is 5.15. The highest BCUT2D eigenvalue weighted by Gasteiger charge is 2.51. The molecule has 2 unspecified atom stereocenters. The van der Waals surface area contributed by atoms with Gasteiger partial charge in [0, 0.05) is 29.9 Å². The highest BCUT2D eigenvalue weighted by atomic mass is 35.5. The standard InChI is InChI=1S/C16H15Cl2F3N2/c17-4-3-15(11-5-12(18)9-22-8-11)6-13-1-2-14(7-15)23(13)10-16(19,20)21/h5,8-9,13-14H,1-2,6-7,10H2. The molecule has 124 valence electrons. The van der Waals surface area contributed by atoms with E-state index in [4.69, 9.17) is 23.2 Å². The van der Waals surface area contributed by atoms with E-state index in [-0.39, 0.29) is 12.1 Å². The largest absolute Gasteiger partial charge is 0.401 e. The van der Waals surface area contributed by atoms with Gasteiger partial charge in [-0.05, 0) is 48.9 Å². The Morgan fingerprint density at radius 3 is 2.43 bits per heavy atom. The second-order valence-corrected chi connectivity index (χ2v) is 6.90.